The summed E-state index contributed by atoms with van der Waals surface area (Å²) in [6, 6.07) is 30.0. The second kappa shape index (κ2) is 15.1. The molecule has 3 nitrogen and oxygen atoms in total. The molecule has 160 valence electrons. The van der Waals surface area contributed by atoms with E-state index in [9.17, 15) is 0 Å². The van der Waals surface area contributed by atoms with Crippen molar-refractivity contribution in [2.75, 3.05) is 18.5 Å². The molecule has 0 fully saturated rings. The fraction of sp³-hybridized carbons (Fsp3) is 0.280. The number of hydrogen-bond acceptors (Lipinski definition) is 2. The fourth-order valence-corrected chi connectivity index (χ4v) is 3.22. The number of nitrogens with zero attached hydrogens (tertiary/aromatic N) is 1. The third-order valence-electron chi connectivity index (χ3n) is 4.81. The van der Waals surface area contributed by atoms with Crippen LogP contribution in [0.1, 0.15) is 23.1 Å². The van der Waals surface area contributed by atoms with Gasteiger partial charge in [-0.05, 0) is 62.0 Å². The van der Waals surface area contributed by atoms with Crippen LogP contribution in [0, 0.1) is 6.92 Å². The SMILES string of the molecule is Cc1ccc(N[N-]C[C@H](Cc2ccccc2)NCCCc2ccccc2)cc1.[Cl][Ru+]. The summed E-state index contributed by atoms with van der Waals surface area (Å²) in [4.78, 5) is 0. The summed E-state index contributed by atoms with van der Waals surface area (Å²) in [7, 11) is 4.57. The fourth-order valence-electron chi connectivity index (χ4n) is 3.22. The Bertz CT molecular complexity index is 798. The number of nitrogens with one attached hydrogen (secondary N) is 2. The van der Waals surface area contributed by atoms with Crippen LogP contribution in [0.15, 0.2) is 84.9 Å². The monoisotopic (exact) mass is 509 g/mol. The Balaban J connectivity index is 0.00000155. The van der Waals surface area contributed by atoms with Crippen LogP contribution in [0.25, 0.3) is 5.43 Å². The molecule has 1 atom stereocenters. The molecular weight excluding hydrogens is 479 g/mol. The first-order valence-electron chi connectivity index (χ1n) is 10.2. The van der Waals surface area contributed by atoms with Crippen molar-refractivity contribution in [2.24, 2.45) is 0 Å². The van der Waals surface area contributed by atoms with Gasteiger partial charge in [-0.15, -0.1) is 6.54 Å². The molecule has 3 rings (SSSR count). The zero-order chi connectivity index (χ0) is 21.4. The molecule has 0 aliphatic heterocycles. The summed E-state index contributed by atoms with van der Waals surface area (Å²) < 4.78 is 0. The van der Waals surface area contributed by atoms with Gasteiger partial charge in [0.1, 0.15) is 0 Å². The van der Waals surface area contributed by atoms with Crippen LogP contribution in [0.4, 0.5) is 5.69 Å². The maximum absolute atomic E-state index is 4.59. The second-order valence-corrected chi connectivity index (χ2v) is 7.25. The first-order chi connectivity index (χ1) is 14.8. The standard InChI is InChI=1S/C25H30N3.ClH.Ru/c1-21-14-16-24(17-15-21)28-27-20-25(19-23-11-6-3-7-12-23)26-18-8-13-22-9-4-2-5-10-22;;/h2-7,9-12,14-17,25-26,28H,8,13,18-20H2,1H3;1H;/q-1;;+2/p-1/t25-;;/m0../s1. The molecule has 5 heteroatoms. The first kappa shape index (κ1) is 24.6. The average Bonchev–Trinajstić information content (AvgIpc) is 2.80. The summed E-state index contributed by atoms with van der Waals surface area (Å²) in [5.41, 5.74) is 12.8. The second-order valence-electron chi connectivity index (χ2n) is 7.25. The summed E-state index contributed by atoms with van der Waals surface area (Å²) in [5.74, 6) is 0. The van der Waals surface area contributed by atoms with Gasteiger partial charge in [0.15, 0.2) is 0 Å². The van der Waals surface area contributed by atoms with E-state index in [2.05, 4.69) is 118 Å². The predicted octanol–water partition coefficient (Wildman–Crippen LogP) is 6.22. The van der Waals surface area contributed by atoms with Crippen molar-refractivity contribution >= 4 is 15.4 Å². The Kier molecular flexibility index (Phi) is 12.4. The molecular formula is C25H30ClN3Ru. The van der Waals surface area contributed by atoms with Gasteiger partial charge in [0, 0.05) is 5.69 Å². The Morgan fingerprint density at radius 2 is 1.43 bits per heavy atom. The topological polar surface area (TPSA) is 38.2 Å². The summed E-state index contributed by atoms with van der Waals surface area (Å²) in [6.07, 6.45) is 3.20. The molecule has 0 heterocycles. The van der Waals surface area contributed by atoms with Crippen molar-refractivity contribution in [3.63, 3.8) is 0 Å². The molecule has 0 amide bonds. The molecule has 0 bridgehead atoms. The average molecular weight is 509 g/mol. The number of aryl methyl sites for hydroxylation is 2. The van der Waals surface area contributed by atoms with Gasteiger partial charge in [-0.2, -0.15) is 0 Å². The maximum atomic E-state index is 4.59. The van der Waals surface area contributed by atoms with Gasteiger partial charge in [-0.3, -0.25) is 0 Å². The van der Waals surface area contributed by atoms with E-state index in [1.807, 2.05) is 17.3 Å². The number of anilines is 1. The van der Waals surface area contributed by atoms with Gasteiger partial charge < -0.3 is 16.2 Å². The van der Waals surface area contributed by atoms with Crippen LogP contribution >= 0.6 is 9.69 Å². The van der Waals surface area contributed by atoms with E-state index >= 15 is 0 Å². The van der Waals surface area contributed by atoms with E-state index in [4.69, 9.17) is 0 Å². The van der Waals surface area contributed by atoms with E-state index in [-0.39, 0.29) is 0 Å². The van der Waals surface area contributed by atoms with Crippen LogP contribution in [-0.2, 0) is 30.2 Å². The molecule has 0 aromatic heterocycles. The Hall–Kier alpha value is -1.71. The van der Waals surface area contributed by atoms with E-state index in [1.54, 1.807) is 0 Å². The van der Waals surface area contributed by atoms with E-state index < -0.39 is 0 Å². The molecule has 30 heavy (non-hydrogen) atoms. The van der Waals surface area contributed by atoms with Crippen molar-refractivity contribution in [1.82, 2.24) is 5.32 Å². The Morgan fingerprint density at radius 3 is 2.07 bits per heavy atom. The van der Waals surface area contributed by atoms with Gasteiger partial charge in [0.2, 0.25) is 0 Å². The van der Waals surface area contributed by atoms with E-state index in [1.165, 1.54) is 16.7 Å². The van der Waals surface area contributed by atoms with Crippen molar-refractivity contribution in [1.29, 1.82) is 0 Å². The zero-order valence-corrected chi connectivity index (χ0v) is 19.9. The van der Waals surface area contributed by atoms with Crippen LogP contribution in [0.3, 0.4) is 0 Å². The third kappa shape index (κ3) is 9.87. The van der Waals surface area contributed by atoms with Gasteiger partial charge in [-0.25, -0.2) is 0 Å². The summed E-state index contributed by atoms with van der Waals surface area (Å²) >= 11 is 1.82. The van der Waals surface area contributed by atoms with Crippen molar-refractivity contribution in [3.8, 4) is 0 Å². The molecule has 0 aliphatic rings. The van der Waals surface area contributed by atoms with Gasteiger partial charge >= 0.3 is 27.0 Å². The summed E-state index contributed by atoms with van der Waals surface area (Å²) in [5, 5.41) is 3.70. The summed E-state index contributed by atoms with van der Waals surface area (Å²) in [6.45, 7) is 3.82. The Labute approximate surface area is 195 Å². The van der Waals surface area contributed by atoms with Crippen LogP contribution < -0.4 is 10.7 Å². The quantitative estimate of drug-likeness (QED) is 0.183. The predicted molar refractivity (Wildman–Crippen MR) is 126 cm³/mol. The van der Waals surface area contributed by atoms with Gasteiger partial charge in [-0.1, -0.05) is 78.4 Å². The minimum absolute atomic E-state index is 0.316. The van der Waals surface area contributed by atoms with E-state index in [0.717, 1.165) is 38.0 Å². The molecule has 3 aromatic rings. The third-order valence-corrected chi connectivity index (χ3v) is 4.81. The molecule has 2 N–H and O–H groups in total. The normalized spacial score (nSPS) is 11.3. The number of benzene rings is 3. The van der Waals surface area contributed by atoms with E-state index in [0.29, 0.717) is 6.04 Å². The molecule has 0 saturated carbocycles. The molecule has 0 saturated heterocycles. The van der Waals surface area contributed by atoms with Gasteiger partial charge in [0.05, 0.1) is 0 Å². The minimum atomic E-state index is 0.316. The Morgan fingerprint density at radius 1 is 0.833 bits per heavy atom. The van der Waals surface area contributed by atoms with Gasteiger partial charge in [0.25, 0.3) is 0 Å². The first-order valence-corrected chi connectivity index (χ1v) is 12.5. The zero-order valence-electron chi connectivity index (χ0n) is 17.4. The molecule has 0 radical (unpaired) electrons. The van der Waals surface area contributed by atoms with Crippen molar-refractivity contribution in [3.05, 3.63) is 107 Å². The number of halogens is 1. The van der Waals surface area contributed by atoms with Crippen molar-refractivity contribution in [2.45, 2.75) is 32.2 Å². The number of rotatable bonds is 11. The van der Waals surface area contributed by atoms with Crippen molar-refractivity contribution < 1.29 is 17.3 Å². The molecule has 0 unspecified atom stereocenters. The molecule has 0 aliphatic carbocycles. The molecule has 3 aromatic carbocycles. The molecule has 0 spiro atoms. The van der Waals surface area contributed by atoms with Crippen LogP contribution in [-0.4, -0.2) is 19.1 Å². The van der Waals surface area contributed by atoms with Crippen LogP contribution in [0.5, 0.6) is 0 Å². The van der Waals surface area contributed by atoms with Crippen LogP contribution in [0.2, 0.25) is 0 Å². The number of hydrogen-bond donors (Lipinski definition) is 2.